The molecule has 0 bridgehead atoms. The van der Waals surface area contributed by atoms with E-state index in [4.69, 9.17) is 21.1 Å². The lowest BCUT2D eigenvalue weighted by Crippen LogP contribution is -2.41. The van der Waals surface area contributed by atoms with Crippen LogP contribution in [0.2, 0.25) is 5.02 Å². The molecule has 0 spiro atoms. The molecule has 0 amide bonds. The molecule has 2 aliphatic rings. The molecule has 3 atom stereocenters. The first kappa shape index (κ1) is 17.3. The van der Waals surface area contributed by atoms with E-state index in [0.717, 1.165) is 35.4 Å². The molecule has 2 aromatic carbocycles. The van der Waals surface area contributed by atoms with E-state index < -0.39 is 0 Å². The molecule has 26 heavy (non-hydrogen) atoms. The van der Waals surface area contributed by atoms with Gasteiger partial charge in [0.05, 0.1) is 30.5 Å². The number of hydrogen-bond acceptors (Lipinski definition) is 3. The Labute approximate surface area is 158 Å². The van der Waals surface area contributed by atoms with Gasteiger partial charge in [-0.25, -0.2) is 0 Å². The number of allylic oxidation sites excluding steroid dienone is 1. The van der Waals surface area contributed by atoms with Crippen molar-refractivity contribution in [2.24, 2.45) is 5.92 Å². The molecule has 0 saturated heterocycles. The fraction of sp³-hybridized carbons (Fsp3) is 0.318. The van der Waals surface area contributed by atoms with Crippen molar-refractivity contribution in [1.82, 2.24) is 0 Å². The maximum atomic E-state index is 12.9. The SMILES string of the molecule is O=C1C(c2ccccc2)=COC2CC(OCc3ccc(Cl)cc3)CCC12. The van der Waals surface area contributed by atoms with E-state index in [1.807, 2.05) is 54.6 Å². The van der Waals surface area contributed by atoms with Gasteiger partial charge in [-0.15, -0.1) is 0 Å². The van der Waals surface area contributed by atoms with Gasteiger partial charge in [-0.2, -0.15) is 0 Å². The monoisotopic (exact) mass is 368 g/mol. The fourth-order valence-electron chi connectivity index (χ4n) is 3.73. The Morgan fingerprint density at radius 1 is 1.04 bits per heavy atom. The molecule has 4 rings (SSSR count). The highest BCUT2D eigenvalue weighted by Crippen LogP contribution is 2.37. The Bertz CT molecular complexity index is 798. The quantitative estimate of drug-likeness (QED) is 0.758. The Morgan fingerprint density at radius 3 is 2.58 bits per heavy atom. The van der Waals surface area contributed by atoms with Gasteiger partial charge in [0, 0.05) is 11.4 Å². The number of carbonyl (C=O) groups excluding carboxylic acids is 1. The number of hydrogen-bond donors (Lipinski definition) is 0. The summed E-state index contributed by atoms with van der Waals surface area (Å²) in [7, 11) is 0. The lowest BCUT2D eigenvalue weighted by molar-refractivity contribution is -0.128. The fourth-order valence-corrected chi connectivity index (χ4v) is 3.86. The van der Waals surface area contributed by atoms with Gasteiger partial charge in [-0.1, -0.05) is 54.1 Å². The van der Waals surface area contributed by atoms with Gasteiger partial charge in [-0.3, -0.25) is 4.79 Å². The van der Waals surface area contributed by atoms with Crippen LogP contribution >= 0.6 is 11.6 Å². The van der Waals surface area contributed by atoms with E-state index in [1.165, 1.54) is 0 Å². The van der Waals surface area contributed by atoms with Crippen molar-refractivity contribution in [3.05, 3.63) is 77.0 Å². The molecular weight excluding hydrogens is 348 g/mol. The molecule has 3 nitrogen and oxygen atoms in total. The number of halogens is 1. The van der Waals surface area contributed by atoms with Crippen molar-refractivity contribution in [1.29, 1.82) is 0 Å². The van der Waals surface area contributed by atoms with Gasteiger partial charge in [0.2, 0.25) is 0 Å². The summed E-state index contributed by atoms with van der Waals surface area (Å²) in [5.74, 6) is 0.134. The smallest absolute Gasteiger partial charge is 0.173 e. The molecule has 1 heterocycles. The van der Waals surface area contributed by atoms with Crippen molar-refractivity contribution in [3.8, 4) is 0 Å². The van der Waals surface area contributed by atoms with Gasteiger partial charge in [0.25, 0.3) is 0 Å². The molecule has 1 aliphatic carbocycles. The van der Waals surface area contributed by atoms with Gasteiger partial charge in [0.1, 0.15) is 6.10 Å². The summed E-state index contributed by atoms with van der Waals surface area (Å²) in [6, 6.07) is 17.4. The molecule has 0 aromatic heterocycles. The topological polar surface area (TPSA) is 35.5 Å². The molecule has 2 aromatic rings. The van der Waals surface area contributed by atoms with E-state index >= 15 is 0 Å². The summed E-state index contributed by atoms with van der Waals surface area (Å²) in [6.07, 6.45) is 4.11. The second-order valence-corrected chi connectivity index (χ2v) is 7.35. The number of ketones is 1. The van der Waals surface area contributed by atoms with Crippen molar-refractivity contribution < 1.29 is 14.3 Å². The number of Topliss-reactive ketones (excluding diaryl/α,β-unsaturated/α-hetero) is 1. The average molecular weight is 369 g/mol. The van der Waals surface area contributed by atoms with Crippen LogP contribution in [0, 0.1) is 5.92 Å². The van der Waals surface area contributed by atoms with Crippen molar-refractivity contribution in [3.63, 3.8) is 0 Å². The third kappa shape index (κ3) is 3.69. The summed E-state index contributed by atoms with van der Waals surface area (Å²) in [5, 5.41) is 0.726. The maximum absolute atomic E-state index is 12.9. The largest absolute Gasteiger partial charge is 0.496 e. The highest BCUT2D eigenvalue weighted by atomic mass is 35.5. The van der Waals surface area contributed by atoms with Crippen LogP contribution in [-0.4, -0.2) is 18.0 Å². The van der Waals surface area contributed by atoms with E-state index in [-0.39, 0.29) is 23.9 Å². The van der Waals surface area contributed by atoms with Crippen molar-refractivity contribution in [2.45, 2.75) is 38.1 Å². The first-order valence-corrected chi connectivity index (χ1v) is 9.40. The van der Waals surface area contributed by atoms with Crippen LogP contribution in [0.3, 0.4) is 0 Å². The molecule has 1 aliphatic heterocycles. The van der Waals surface area contributed by atoms with Crippen molar-refractivity contribution in [2.75, 3.05) is 0 Å². The predicted molar refractivity (Wildman–Crippen MR) is 102 cm³/mol. The van der Waals surface area contributed by atoms with Crippen LogP contribution in [0.4, 0.5) is 0 Å². The van der Waals surface area contributed by atoms with Gasteiger partial charge in [0.15, 0.2) is 5.78 Å². The lowest BCUT2D eigenvalue weighted by Gasteiger charge is -2.37. The predicted octanol–water partition coefficient (Wildman–Crippen LogP) is 5.03. The third-order valence-corrected chi connectivity index (χ3v) is 5.44. The molecule has 0 N–H and O–H groups in total. The van der Waals surface area contributed by atoms with E-state index in [2.05, 4.69) is 0 Å². The van der Waals surface area contributed by atoms with E-state index in [0.29, 0.717) is 12.2 Å². The number of fused-ring (bicyclic) bond motifs is 1. The second-order valence-electron chi connectivity index (χ2n) is 6.92. The summed E-state index contributed by atoms with van der Waals surface area (Å²) in [5.41, 5.74) is 2.72. The van der Waals surface area contributed by atoms with Crippen LogP contribution in [0.25, 0.3) is 5.57 Å². The molecule has 134 valence electrons. The number of ether oxygens (including phenoxy) is 2. The maximum Gasteiger partial charge on any atom is 0.173 e. The first-order valence-electron chi connectivity index (χ1n) is 9.02. The minimum atomic E-state index is -0.0843. The molecule has 1 saturated carbocycles. The third-order valence-electron chi connectivity index (χ3n) is 5.19. The second kappa shape index (κ2) is 7.65. The first-order chi connectivity index (χ1) is 12.7. The standard InChI is InChI=1S/C22H21ClO3/c23-17-8-6-15(7-9-17)13-25-18-10-11-19-21(12-18)26-14-20(22(19)24)16-4-2-1-3-5-16/h1-9,14,18-19,21H,10-13H2. The Morgan fingerprint density at radius 2 is 1.81 bits per heavy atom. The van der Waals surface area contributed by atoms with Gasteiger partial charge < -0.3 is 9.47 Å². The molecular formula is C22H21ClO3. The van der Waals surface area contributed by atoms with Crippen LogP contribution in [0.15, 0.2) is 60.9 Å². The molecule has 4 heteroatoms. The van der Waals surface area contributed by atoms with E-state index in [9.17, 15) is 4.79 Å². The summed E-state index contributed by atoms with van der Waals surface area (Å²) in [6.45, 7) is 0.554. The summed E-state index contributed by atoms with van der Waals surface area (Å²) < 4.78 is 12.0. The van der Waals surface area contributed by atoms with Gasteiger partial charge in [-0.05, 0) is 36.1 Å². The molecule has 3 unspecified atom stereocenters. The Hall–Kier alpha value is -2.10. The van der Waals surface area contributed by atoms with Crippen LogP contribution in [0.1, 0.15) is 30.4 Å². The number of benzene rings is 2. The lowest BCUT2D eigenvalue weighted by atomic mass is 9.78. The highest BCUT2D eigenvalue weighted by Gasteiger charge is 2.40. The van der Waals surface area contributed by atoms with Crippen LogP contribution < -0.4 is 0 Å². The van der Waals surface area contributed by atoms with Gasteiger partial charge >= 0.3 is 0 Å². The van der Waals surface area contributed by atoms with Crippen LogP contribution in [-0.2, 0) is 20.9 Å². The van der Waals surface area contributed by atoms with Crippen LogP contribution in [0.5, 0.6) is 0 Å². The minimum Gasteiger partial charge on any atom is -0.496 e. The number of rotatable bonds is 4. The number of carbonyl (C=O) groups is 1. The zero-order valence-electron chi connectivity index (χ0n) is 14.4. The Kier molecular flexibility index (Phi) is 5.09. The molecule has 1 fully saturated rings. The Balaban J connectivity index is 1.38. The minimum absolute atomic E-state index is 0.0643. The zero-order chi connectivity index (χ0) is 17.9. The highest BCUT2D eigenvalue weighted by molar-refractivity contribution is 6.30. The zero-order valence-corrected chi connectivity index (χ0v) is 15.2. The summed E-state index contributed by atoms with van der Waals surface area (Å²) in [4.78, 5) is 12.9. The molecule has 0 radical (unpaired) electrons. The average Bonchev–Trinajstić information content (AvgIpc) is 2.68. The normalized spacial score (nSPS) is 25.2. The van der Waals surface area contributed by atoms with Crippen molar-refractivity contribution >= 4 is 23.0 Å². The summed E-state index contributed by atoms with van der Waals surface area (Å²) >= 11 is 5.91. The van der Waals surface area contributed by atoms with E-state index in [1.54, 1.807) is 6.26 Å².